The van der Waals surface area contributed by atoms with Crippen molar-refractivity contribution in [3.8, 4) is 0 Å². The summed E-state index contributed by atoms with van der Waals surface area (Å²) in [4.78, 5) is 0. The van der Waals surface area contributed by atoms with E-state index in [9.17, 15) is 0 Å². The Morgan fingerprint density at radius 1 is 1.33 bits per heavy atom. The Bertz CT molecular complexity index is 245. The molecule has 0 radical (unpaired) electrons. The van der Waals surface area contributed by atoms with Gasteiger partial charge in [-0.15, -0.1) is 0 Å². The van der Waals surface area contributed by atoms with E-state index in [0.29, 0.717) is 6.04 Å². The van der Waals surface area contributed by atoms with Crippen LogP contribution in [0.3, 0.4) is 0 Å². The average molecular weight is 271 g/mol. The molecule has 3 heteroatoms. The zero-order valence-electron chi connectivity index (χ0n) is 12.2. The van der Waals surface area contributed by atoms with E-state index in [1.165, 1.54) is 37.2 Å². The van der Waals surface area contributed by atoms with E-state index >= 15 is 0 Å². The van der Waals surface area contributed by atoms with Gasteiger partial charge in [0.1, 0.15) is 0 Å². The lowest BCUT2D eigenvalue weighted by atomic mass is 9.76. The van der Waals surface area contributed by atoms with Crippen LogP contribution in [0, 0.1) is 11.8 Å². The lowest BCUT2D eigenvalue weighted by Gasteiger charge is -2.46. The lowest BCUT2D eigenvalue weighted by Crippen LogP contribution is -2.50. The number of ether oxygens (including phenoxy) is 1. The molecule has 2 saturated heterocycles. The Hall–Kier alpha value is 0.270. The molecule has 0 aliphatic carbocycles. The summed E-state index contributed by atoms with van der Waals surface area (Å²) in [6.45, 7) is 8.99. The van der Waals surface area contributed by atoms with E-state index in [2.05, 4.69) is 37.8 Å². The van der Waals surface area contributed by atoms with E-state index < -0.39 is 0 Å². The zero-order valence-corrected chi connectivity index (χ0v) is 13.0. The van der Waals surface area contributed by atoms with Gasteiger partial charge in [-0.3, -0.25) is 0 Å². The van der Waals surface area contributed by atoms with Gasteiger partial charge in [0, 0.05) is 12.6 Å². The average Bonchev–Trinajstić information content (AvgIpc) is 2.36. The Labute approximate surface area is 117 Å². The second-order valence-electron chi connectivity index (χ2n) is 6.22. The van der Waals surface area contributed by atoms with Gasteiger partial charge >= 0.3 is 0 Å². The summed E-state index contributed by atoms with van der Waals surface area (Å²) in [5.74, 6) is 4.12. The maximum Gasteiger partial charge on any atom is 0.0701 e. The van der Waals surface area contributed by atoms with Crippen LogP contribution in [0.5, 0.6) is 0 Å². The summed E-state index contributed by atoms with van der Waals surface area (Å²) in [6, 6.07) is 0.672. The molecular weight excluding hydrogens is 242 g/mol. The molecule has 0 aromatic heterocycles. The second-order valence-corrected chi connectivity index (χ2v) is 7.45. The van der Waals surface area contributed by atoms with Crippen molar-refractivity contribution in [2.45, 2.75) is 58.1 Å². The fraction of sp³-hybridized carbons (Fsp3) is 1.00. The molecular formula is C15H29NOS. The molecule has 0 saturated carbocycles. The molecule has 0 bridgehead atoms. The van der Waals surface area contributed by atoms with E-state index in [0.717, 1.165) is 25.0 Å². The molecule has 2 unspecified atom stereocenters. The van der Waals surface area contributed by atoms with Gasteiger partial charge in [0.15, 0.2) is 0 Å². The second kappa shape index (κ2) is 6.62. The van der Waals surface area contributed by atoms with Crippen LogP contribution in [0.1, 0.15) is 46.5 Å². The minimum Gasteiger partial charge on any atom is -0.375 e. The maximum absolute atomic E-state index is 6.20. The van der Waals surface area contributed by atoms with Crippen LogP contribution in [0.2, 0.25) is 0 Å². The normalized spacial score (nSPS) is 29.7. The first-order valence-corrected chi connectivity index (χ1v) is 8.77. The number of hydrogen-bond donors (Lipinski definition) is 1. The highest BCUT2D eigenvalue weighted by Gasteiger charge is 2.41. The molecule has 0 amide bonds. The van der Waals surface area contributed by atoms with E-state index in [4.69, 9.17) is 4.74 Å². The van der Waals surface area contributed by atoms with Crippen molar-refractivity contribution < 1.29 is 4.74 Å². The van der Waals surface area contributed by atoms with E-state index in [1.54, 1.807) is 0 Å². The molecule has 2 aliphatic rings. The Balaban J connectivity index is 1.99. The van der Waals surface area contributed by atoms with Crippen molar-refractivity contribution in [3.63, 3.8) is 0 Å². The number of thioether (sulfide) groups is 1. The molecule has 0 aromatic rings. The molecule has 2 aliphatic heterocycles. The Morgan fingerprint density at radius 2 is 2.06 bits per heavy atom. The molecule has 2 rings (SSSR count). The van der Waals surface area contributed by atoms with Crippen molar-refractivity contribution >= 4 is 11.8 Å². The molecule has 2 nitrogen and oxygen atoms in total. The highest BCUT2D eigenvalue weighted by Crippen LogP contribution is 2.41. The summed E-state index contributed by atoms with van der Waals surface area (Å²) in [7, 11) is 0. The number of nitrogens with one attached hydrogen (secondary N) is 1. The van der Waals surface area contributed by atoms with Crippen LogP contribution in [-0.2, 0) is 4.74 Å². The SMILES string of the molecule is CCNC(C(C)C)C1CCOC2(CCSCC2)C1. The highest BCUT2D eigenvalue weighted by molar-refractivity contribution is 7.99. The summed E-state index contributed by atoms with van der Waals surface area (Å²) >= 11 is 2.09. The quantitative estimate of drug-likeness (QED) is 0.847. The van der Waals surface area contributed by atoms with Crippen LogP contribution in [0.25, 0.3) is 0 Å². The van der Waals surface area contributed by atoms with Crippen LogP contribution in [-0.4, -0.2) is 36.3 Å². The molecule has 2 heterocycles. The van der Waals surface area contributed by atoms with Crippen molar-refractivity contribution in [2.24, 2.45) is 11.8 Å². The summed E-state index contributed by atoms with van der Waals surface area (Å²) < 4.78 is 6.20. The molecule has 2 fully saturated rings. The van der Waals surface area contributed by atoms with Crippen molar-refractivity contribution in [1.82, 2.24) is 5.32 Å². The highest BCUT2D eigenvalue weighted by atomic mass is 32.2. The van der Waals surface area contributed by atoms with Gasteiger partial charge in [-0.05, 0) is 55.6 Å². The molecule has 1 spiro atoms. The van der Waals surface area contributed by atoms with Gasteiger partial charge in [-0.2, -0.15) is 11.8 Å². The first-order chi connectivity index (χ1) is 8.67. The predicted octanol–water partition coefficient (Wildman–Crippen LogP) is 3.31. The number of hydrogen-bond acceptors (Lipinski definition) is 3. The van der Waals surface area contributed by atoms with Gasteiger partial charge in [-0.25, -0.2) is 0 Å². The minimum atomic E-state index is 0.233. The third-order valence-electron chi connectivity index (χ3n) is 4.60. The third-order valence-corrected chi connectivity index (χ3v) is 5.59. The third kappa shape index (κ3) is 3.43. The lowest BCUT2D eigenvalue weighted by molar-refractivity contribution is -0.109. The van der Waals surface area contributed by atoms with Crippen LogP contribution < -0.4 is 5.32 Å². The fourth-order valence-electron chi connectivity index (χ4n) is 3.65. The summed E-state index contributed by atoms with van der Waals surface area (Å²) in [6.07, 6.45) is 5.06. The molecule has 106 valence electrons. The van der Waals surface area contributed by atoms with Crippen molar-refractivity contribution in [3.05, 3.63) is 0 Å². The van der Waals surface area contributed by atoms with Gasteiger partial charge in [0.05, 0.1) is 5.60 Å². The van der Waals surface area contributed by atoms with Gasteiger partial charge in [0.2, 0.25) is 0 Å². The van der Waals surface area contributed by atoms with Gasteiger partial charge < -0.3 is 10.1 Å². The minimum absolute atomic E-state index is 0.233. The molecule has 0 aromatic carbocycles. The van der Waals surface area contributed by atoms with Crippen LogP contribution in [0.4, 0.5) is 0 Å². The maximum atomic E-state index is 6.20. The van der Waals surface area contributed by atoms with E-state index in [-0.39, 0.29) is 5.60 Å². The van der Waals surface area contributed by atoms with Gasteiger partial charge in [-0.1, -0.05) is 20.8 Å². The van der Waals surface area contributed by atoms with Crippen LogP contribution in [0.15, 0.2) is 0 Å². The Morgan fingerprint density at radius 3 is 2.67 bits per heavy atom. The van der Waals surface area contributed by atoms with Crippen molar-refractivity contribution in [1.29, 1.82) is 0 Å². The standard InChI is InChI=1S/C15H29NOS/c1-4-16-14(12(2)3)13-5-8-17-15(11-13)6-9-18-10-7-15/h12-14,16H,4-11H2,1-3H3. The zero-order chi connectivity index (χ0) is 13.0. The molecule has 2 atom stereocenters. The van der Waals surface area contributed by atoms with Gasteiger partial charge in [0.25, 0.3) is 0 Å². The predicted molar refractivity (Wildman–Crippen MR) is 80.3 cm³/mol. The largest absolute Gasteiger partial charge is 0.375 e. The summed E-state index contributed by atoms with van der Waals surface area (Å²) in [5, 5.41) is 3.71. The van der Waals surface area contributed by atoms with E-state index in [1.807, 2.05) is 0 Å². The summed E-state index contributed by atoms with van der Waals surface area (Å²) in [5.41, 5.74) is 0.233. The fourth-order valence-corrected chi connectivity index (χ4v) is 4.88. The topological polar surface area (TPSA) is 21.3 Å². The monoisotopic (exact) mass is 271 g/mol. The first-order valence-electron chi connectivity index (χ1n) is 7.62. The van der Waals surface area contributed by atoms with Crippen molar-refractivity contribution in [2.75, 3.05) is 24.7 Å². The first kappa shape index (κ1) is 14.7. The number of rotatable bonds is 4. The molecule has 18 heavy (non-hydrogen) atoms. The molecule has 1 N–H and O–H groups in total. The van der Waals surface area contributed by atoms with Crippen LogP contribution >= 0.6 is 11.8 Å². The smallest absolute Gasteiger partial charge is 0.0701 e. The Kier molecular flexibility index (Phi) is 5.40.